The fraction of sp³-hybridized carbons (Fsp3) is 0.333. The number of nitrogens with zero attached hydrogens (tertiary/aromatic N) is 2. The molecule has 16 heavy (non-hydrogen) atoms. The normalized spacial score (nSPS) is 10.6. The van der Waals surface area contributed by atoms with Gasteiger partial charge in [0.2, 0.25) is 0 Å². The predicted molar refractivity (Wildman–Crippen MR) is 65.3 cm³/mol. The van der Waals surface area contributed by atoms with Gasteiger partial charge in [0.05, 0.1) is 17.2 Å². The van der Waals surface area contributed by atoms with Gasteiger partial charge in [0.25, 0.3) is 0 Å². The Bertz CT molecular complexity index is 453. The van der Waals surface area contributed by atoms with Gasteiger partial charge in [-0.25, -0.2) is 4.98 Å². The summed E-state index contributed by atoms with van der Waals surface area (Å²) in [6, 6.07) is 3.89. The smallest absolute Gasteiger partial charge is 0.125 e. The van der Waals surface area contributed by atoms with Gasteiger partial charge in [0.15, 0.2) is 0 Å². The Labute approximate surface area is 98.8 Å². The molecule has 0 bridgehead atoms. The number of pyridine rings is 1. The lowest BCUT2D eigenvalue weighted by Crippen LogP contribution is -1.89. The molecule has 0 aliphatic heterocycles. The predicted octanol–water partition coefficient (Wildman–Crippen LogP) is 2.65. The van der Waals surface area contributed by atoms with Crippen molar-refractivity contribution in [2.45, 2.75) is 26.4 Å². The van der Waals surface area contributed by atoms with Gasteiger partial charge < -0.3 is 5.11 Å². The van der Waals surface area contributed by atoms with E-state index >= 15 is 0 Å². The van der Waals surface area contributed by atoms with Crippen molar-refractivity contribution in [1.82, 2.24) is 9.97 Å². The number of aromatic nitrogens is 2. The molecule has 0 fully saturated rings. The van der Waals surface area contributed by atoms with Gasteiger partial charge in [0.1, 0.15) is 5.01 Å². The Morgan fingerprint density at radius 3 is 2.94 bits per heavy atom. The lowest BCUT2D eigenvalue weighted by Gasteiger charge is -1.94. The van der Waals surface area contributed by atoms with Crippen molar-refractivity contribution in [3.05, 3.63) is 35.1 Å². The van der Waals surface area contributed by atoms with Crippen LogP contribution in [0.2, 0.25) is 0 Å². The molecule has 2 aromatic heterocycles. The first-order valence-electron chi connectivity index (χ1n) is 5.35. The summed E-state index contributed by atoms with van der Waals surface area (Å²) in [5.74, 6) is 0. The second kappa shape index (κ2) is 5.18. The van der Waals surface area contributed by atoms with E-state index < -0.39 is 0 Å². The van der Waals surface area contributed by atoms with Gasteiger partial charge in [-0.2, -0.15) is 0 Å². The van der Waals surface area contributed by atoms with Crippen LogP contribution in [-0.2, 0) is 13.0 Å². The van der Waals surface area contributed by atoms with E-state index in [-0.39, 0.29) is 6.61 Å². The van der Waals surface area contributed by atoms with Crippen molar-refractivity contribution in [1.29, 1.82) is 0 Å². The molecule has 84 valence electrons. The Morgan fingerprint density at radius 2 is 2.31 bits per heavy atom. The topological polar surface area (TPSA) is 46.0 Å². The highest BCUT2D eigenvalue weighted by molar-refractivity contribution is 7.15. The Balaban J connectivity index is 2.36. The van der Waals surface area contributed by atoms with Crippen LogP contribution in [0.3, 0.4) is 0 Å². The molecule has 1 N–H and O–H groups in total. The van der Waals surface area contributed by atoms with Crippen molar-refractivity contribution in [3.63, 3.8) is 0 Å². The molecule has 3 nitrogen and oxygen atoms in total. The molecule has 0 aromatic carbocycles. The van der Waals surface area contributed by atoms with Crippen molar-refractivity contribution >= 4 is 11.3 Å². The van der Waals surface area contributed by atoms with Gasteiger partial charge in [-0.3, -0.25) is 4.98 Å². The van der Waals surface area contributed by atoms with Crippen LogP contribution in [0, 0.1) is 0 Å². The number of thiazole rings is 1. The lowest BCUT2D eigenvalue weighted by atomic mass is 10.2. The molecule has 2 rings (SSSR count). The fourth-order valence-electron chi connectivity index (χ4n) is 1.55. The van der Waals surface area contributed by atoms with E-state index in [1.54, 1.807) is 23.7 Å². The Hall–Kier alpha value is -1.26. The average molecular weight is 234 g/mol. The largest absolute Gasteiger partial charge is 0.391 e. The standard InChI is InChI=1S/C12H14N2OS/c1-2-4-10-11(8-15)16-12(14-10)9-5-3-6-13-7-9/h3,5-7,15H,2,4,8H2,1H3. The third kappa shape index (κ3) is 2.28. The molecular weight excluding hydrogens is 220 g/mol. The van der Waals surface area contributed by atoms with Crippen LogP contribution in [0.5, 0.6) is 0 Å². The maximum Gasteiger partial charge on any atom is 0.125 e. The van der Waals surface area contributed by atoms with Gasteiger partial charge in [-0.05, 0) is 18.6 Å². The summed E-state index contributed by atoms with van der Waals surface area (Å²) >= 11 is 1.55. The summed E-state index contributed by atoms with van der Waals surface area (Å²) in [5, 5.41) is 10.2. The minimum atomic E-state index is 0.0766. The molecule has 0 unspecified atom stereocenters. The highest BCUT2D eigenvalue weighted by atomic mass is 32.1. The highest BCUT2D eigenvalue weighted by Gasteiger charge is 2.10. The van der Waals surface area contributed by atoms with Crippen molar-refractivity contribution in [2.75, 3.05) is 0 Å². The van der Waals surface area contributed by atoms with Crippen LogP contribution >= 0.6 is 11.3 Å². The number of hydrogen-bond donors (Lipinski definition) is 1. The molecule has 0 aliphatic rings. The molecule has 4 heteroatoms. The summed E-state index contributed by atoms with van der Waals surface area (Å²) < 4.78 is 0. The van der Waals surface area contributed by atoms with Gasteiger partial charge in [-0.1, -0.05) is 13.3 Å². The molecule has 0 amide bonds. The zero-order valence-electron chi connectivity index (χ0n) is 9.18. The summed E-state index contributed by atoms with van der Waals surface area (Å²) in [6.45, 7) is 2.19. The van der Waals surface area contributed by atoms with E-state index in [1.807, 2.05) is 12.1 Å². The van der Waals surface area contributed by atoms with Gasteiger partial charge >= 0.3 is 0 Å². The molecule has 0 saturated carbocycles. The second-order valence-corrected chi connectivity index (χ2v) is 4.62. The summed E-state index contributed by atoms with van der Waals surface area (Å²) in [5.41, 5.74) is 2.04. The first-order valence-corrected chi connectivity index (χ1v) is 6.16. The van der Waals surface area contributed by atoms with E-state index in [9.17, 15) is 5.11 Å². The van der Waals surface area contributed by atoms with Crippen LogP contribution in [0.25, 0.3) is 10.6 Å². The first kappa shape index (κ1) is 11.2. The lowest BCUT2D eigenvalue weighted by molar-refractivity contribution is 0.284. The van der Waals surface area contributed by atoms with Crippen molar-refractivity contribution in [2.24, 2.45) is 0 Å². The van der Waals surface area contributed by atoms with Crippen molar-refractivity contribution in [3.8, 4) is 10.6 Å². The third-order valence-electron chi connectivity index (χ3n) is 2.32. The third-order valence-corrected chi connectivity index (χ3v) is 3.45. The van der Waals surface area contributed by atoms with Gasteiger partial charge in [-0.15, -0.1) is 11.3 Å². The summed E-state index contributed by atoms with van der Waals surface area (Å²) in [6.07, 6.45) is 5.52. The van der Waals surface area contributed by atoms with Gasteiger partial charge in [0, 0.05) is 18.0 Å². The quantitative estimate of drug-likeness (QED) is 0.884. The van der Waals surface area contributed by atoms with Crippen LogP contribution in [0.15, 0.2) is 24.5 Å². The van der Waals surface area contributed by atoms with E-state index in [0.29, 0.717) is 0 Å². The Morgan fingerprint density at radius 1 is 1.44 bits per heavy atom. The molecular formula is C12H14N2OS. The molecule has 0 atom stereocenters. The molecule has 0 aliphatic carbocycles. The number of hydrogen-bond acceptors (Lipinski definition) is 4. The molecule has 0 saturated heterocycles. The van der Waals surface area contributed by atoms with Crippen LogP contribution in [0.1, 0.15) is 23.9 Å². The fourth-order valence-corrected chi connectivity index (χ4v) is 2.51. The van der Waals surface area contributed by atoms with E-state index in [0.717, 1.165) is 34.0 Å². The molecule has 0 radical (unpaired) electrons. The van der Waals surface area contributed by atoms with Crippen LogP contribution < -0.4 is 0 Å². The zero-order chi connectivity index (χ0) is 11.4. The SMILES string of the molecule is CCCc1nc(-c2cccnc2)sc1CO. The second-order valence-electron chi connectivity index (χ2n) is 3.54. The zero-order valence-corrected chi connectivity index (χ0v) is 10.00. The number of aliphatic hydroxyl groups excluding tert-OH is 1. The first-order chi connectivity index (χ1) is 7.85. The minimum absolute atomic E-state index is 0.0766. The Kier molecular flexibility index (Phi) is 3.64. The summed E-state index contributed by atoms with van der Waals surface area (Å²) in [7, 11) is 0. The highest BCUT2D eigenvalue weighted by Crippen LogP contribution is 2.28. The maximum atomic E-state index is 9.26. The van der Waals surface area contributed by atoms with Crippen LogP contribution in [0.4, 0.5) is 0 Å². The molecule has 0 spiro atoms. The van der Waals surface area contributed by atoms with Crippen molar-refractivity contribution < 1.29 is 5.11 Å². The number of rotatable bonds is 4. The maximum absolute atomic E-state index is 9.26. The van der Waals surface area contributed by atoms with E-state index in [1.165, 1.54) is 0 Å². The minimum Gasteiger partial charge on any atom is -0.391 e. The number of aliphatic hydroxyl groups is 1. The summed E-state index contributed by atoms with van der Waals surface area (Å²) in [4.78, 5) is 9.61. The molecule has 2 heterocycles. The average Bonchev–Trinajstić information content (AvgIpc) is 2.74. The van der Waals surface area contributed by atoms with E-state index in [4.69, 9.17) is 0 Å². The molecule has 2 aromatic rings. The van der Waals surface area contributed by atoms with Crippen LogP contribution in [-0.4, -0.2) is 15.1 Å². The monoisotopic (exact) mass is 234 g/mol. The van der Waals surface area contributed by atoms with E-state index in [2.05, 4.69) is 16.9 Å². The number of aryl methyl sites for hydroxylation is 1.